The lowest BCUT2D eigenvalue weighted by atomic mass is 10.1. The first kappa shape index (κ1) is 19.0. The molecule has 0 saturated carbocycles. The Labute approximate surface area is 162 Å². The maximum atomic E-state index is 13.4. The summed E-state index contributed by atoms with van der Waals surface area (Å²) in [6, 6.07) is 4.00. The Kier molecular flexibility index (Phi) is 6.09. The molecule has 1 aliphatic rings. The molecule has 2 amide bonds. The largest absolute Gasteiger partial charge is 0.352 e. The Balaban J connectivity index is 1.94. The summed E-state index contributed by atoms with van der Waals surface area (Å²) in [4.78, 5) is 28.5. The molecule has 0 aromatic carbocycles. The van der Waals surface area contributed by atoms with Crippen LogP contribution in [0.3, 0.4) is 0 Å². The van der Waals surface area contributed by atoms with Crippen LogP contribution in [0.1, 0.15) is 41.6 Å². The van der Waals surface area contributed by atoms with Gasteiger partial charge in [-0.1, -0.05) is 0 Å². The van der Waals surface area contributed by atoms with E-state index in [4.69, 9.17) is 0 Å². The molecular weight excluding hydrogens is 366 g/mol. The number of carbonyl (C=O) groups excluding carboxylic acids is 2. The molecule has 2 aromatic heterocycles. The summed E-state index contributed by atoms with van der Waals surface area (Å²) >= 11 is 3.61. The Morgan fingerprint density at radius 3 is 2.69 bits per heavy atom. The second kappa shape index (κ2) is 8.31. The van der Waals surface area contributed by atoms with Crippen molar-refractivity contribution in [1.82, 2.24) is 14.8 Å². The van der Waals surface area contributed by atoms with Gasteiger partial charge in [0.2, 0.25) is 5.91 Å². The number of nitrogens with one attached hydrogen (secondary N) is 1. The number of amides is 2. The third-order valence-electron chi connectivity index (χ3n) is 4.31. The monoisotopic (exact) mass is 391 g/mol. The average Bonchev–Trinajstić information content (AvgIpc) is 3.25. The SMILES string of the molecule is CCN(CC(=O)NC(C)C)C(=O)c1c(-n2cccc2)sc2c1CCSC2. The first-order chi connectivity index (χ1) is 12.5. The number of rotatable bonds is 6. The number of aromatic nitrogens is 1. The van der Waals surface area contributed by atoms with E-state index >= 15 is 0 Å². The van der Waals surface area contributed by atoms with Crippen molar-refractivity contribution in [2.24, 2.45) is 0 Å². The molecule has 1 aliphatic heterocycles. The van der Waals surface area contributed by atoms with Crippen LogP contribution in [0.2, 0.25) is 0 Å². The van der Waals surface area contributed by atoms with Gasteiger partial charge in [-0.05, 0) is 50.6 Å². The first-order valence-electron chi connectivity index (χ1n) is 8.95. The molecule has 7 heteroatoms. The molecule has 140 valence electrons. The Bertz CT molecular complexity index is 781. The van der Waals surface area contributed by atoms with Gasteiger partial charge in [0.1, 0.15) is 5.00 Å². The third kappa shape index (κ3) is 3.99. The van der Waals surface area contributed by atoms with E-state index in [0.717, 1.165) is 28.5 Å². The minimum atomic E-state index is -0.114. The molecule has 0 unspecified atom stereocenters. The molecule has 0 bridgehead atoms. The lowest BCUT2D eigenvalue weighted by Crippen LogP contribution is -2.43. The van der Waals surface area contributed by atoms with Crippen LogP contribution in [-0.2, 0) is 17.0 Å². The predicted octanol–water partition coefficient (Wildman–Crippen LogP) is 3.31. The summed E-state index contributed by atoms with van der Waals surface area (Å²) in [6.45, 7) is 6.37. The van der Waals surface area contributed by atoms with E-state index in [1.807, 2.05) is 61.6 Å². The first-order valence-corrected chi connectivity index (χ1v) is 10.9. The fraction of sp³-hybridized carbons (Fsp3) is 0.474. The van der Waals surface area contributed by atoms with Crippen LogP contribution in [0.5, 0.6) is 0 Å². The third-order valence-corrected chi connectivity index (χ3v) is 6.72. The molecule has 26 heavy (non-hydrogen) atoms. The van der Waals surface area contributed by atoms with Crippen LogP contribution in [0, 0.1) is 0 Å². The van der Waals surface area contributed by atoms with Crippen molar-refractivity contribution in [2.75, 3.05) is 18.8 Å². The Hall–Kier alpha value is -1.73. The van der Waals surface area contributed by atoms with Gasteiger partial charge in [-0.15, -0.1) is 11.3 Å². The molecule has 3 heterocycles. The van der Waals surface area contributed by atoms with Crippen molar-refractivity contribution >= 4 is 34.9 Å². The van der Waals surface area contributed by atoms with Gasteiger partial charge >= 0.3 is 0 Å². The summed E-state index contributed by atoms with van der Waals surface area (Å²) < 4.78 is 2.02. The number of likely N-dealkylation sites (N-methyl/N-ethyl adjacent to an activating group) is 1. The van der Waals surface area contributed by atoms with Gasteiger partial charge in [-0.25, -0.2) is 0 Å². The summed E-state index contributed by atoms with van der Waals surface area (Å²) in [5, 5.41) is 3.84. The number of carbonyl (C=O) groups is 2. The zero-order valence-corrected chi connectivity index (χ0v) is 17.1. The topological polar surface area (TPSA) is 54.3 Å². The lowest BCUT2D eigenvalue weighted by molar-refractivity contribution is -0.122. The van der Waals surface area contributed by atoms with E-state index in [2.05, 4.69) is 5.32 Å². The molecule has 0 radical (unpaired) electrons. The van der Waals surface area contributed by atoms with E-state index in [1.165, 1.54) is 10.4 Å². The van der Waals surface area contributed by atoms with E-state index in [0.29, 0.717) is 6.54 Å². The molecule has 3 rings (SSSR count). The van der Waals surface area contributed by atoms with Gasteiger partial charge in [0.05, 0.1) is 12.1 Å². The van der Waals surface area contributed by atoms with Crippen LogP contribution in [0.15, 0.2) is 24.5 Å². The molecule has 0 atom stereocenters. The fourth-order valence-electron chi connectivity index (χ4n) is 3.12. The molecule has 0 saturated heterocycles. The number of thiophene rings is 1. The smallest absolute Gasteiger partial charge is 0.257 e. The summed E-state index contributed by atoms with van der Waals surface area (Å²) in [5.74, 6) is 1.84. The van der Waals surface area contributed by atoms with Crippen LogP contribution in [0.25, 0.3) is 5.00 Å². The lowest BCUT2D eigenvalue weighted by Gasteiger charge is -2.23. The maximum Gasteiger partial charge on any atom is 0.257 e. The van der Waals surface area contributed by atoms with Gasteiger partial charge in [0.25, 0.3) is 5.91 Å². The summed E-state index contributed by atoms with van der Waals surface area (Å²) in [6.07, 6.45) is 4.86. The number of nitrogens with zero attached hydrogens (tertiary/aromatic N) is 2. The van der Waals surface area contributed by atoms with Crippen LogP contribution < -0.4 is 5.32 Å². The van der Waals surface area contributed by atoms with Crippen molar-refractivity contribution < 1.29 is 9.59 Å². The second-order valence-corrected chi connectivity index (χ2v) is 8.81. The second-order valence-electron chi connectivity index (χ2n) is 6.62. The zero-order chi connectivity index (χ0) is 18.7. The van der Waals surface area contributed by atoms with E-state index in [-0.39, 0.29) is 24.4 Å². The van der Waals surface area contributed by atoms with Gasteiger partial charge < -0.3 is 14.8 Å². The Morgan fingerprint density at radius 2 is 2.04 bits per heavy atom. The number of hydrogen-bond acceptors (Lipinski definition) is 4. The minimum Gasteiger partial charge on any atom is -0.352 e. The van der Waals surface area contributed by atoms with Gasteiger partial charge in [0, 0.05) is 35.6 Å². The average molecular weight is 392 g/mol. The highest BCUT2D eigenvalue weighted by molar-refractivity contribution is 7.98. The van der Waals surface area contributed by atoms with E-state index in [1.54, 1.807) is 16.2 Å². The molecule has 1 N–H and O–H groups in total. The standard InChI is InChI=1S/C19H25N3O2S2/c1-4-21(11-16(23)20-13(2)3)18(24)17-14-7-10-25-12-15(14)26-19(17)22-8-5-6-9-22/h5-6,8-9,13H,4,7,10-12H2,1-3H3,(H,20,23). The van der Waals surface area contributed by atoms with Gasteiger partial charge in [0.15, 0.2) is 0 Å². The summed E-state index contributed by atoms with van der Waals surface area (Å²) in [5.41, 5.74) is 1.95. The minimum absolute atomic E-state index is 0.0421. The fourth-order valence-corrected chi connectivity index (χ4v) is 5.56. The van der Waals surface area contributed by atoms with Gasteiger partial charge in [-0.3, -0.25) is 9.59 Å². The molecular formula is C19H25N3O2S2. The molecule has 0 spiro atoms. The van der Waals surface area contributed by atoms with Crippen LogP contribution in [-0.4, -0.2) is 46.2 Å². The number of thioether (sulfide) groups is 1. The maximum absolute atomic E-state index is 13.4. The summed E-state index contributed by atoms with van der Waals surface area (Å²) in [7, 11) is 0. The van der Waals surface area contributed by atoms with E-state index in [9.17, 15) is 9.59 Å². The Morgan fingerprint density at radius 1 is 1.31 bits per heavy atom. The van der Waals surface area contributed by atoms with E-state index < -0.39 is 0 Å². The number of fused-ring (bicyclic) bond motifs is 1. The van der Waals surface area contributed by atoms with Crippen molar-refractivity contribution in [3.8, 4) is 5.00 Å². The van der Waals surface area contributed by atoms with Crippen molar-refractivity contribution in [2.45, 2.75) is 39.0 Å². The number of hydrogen-bond donors (Lipinski definition) is 1. The van der Waals surface area contributed by atoms with Crippen molar-refractivity contribution in [1.29, 1.82) is 0 Å². The molecule has 0 aliphatic carbocycles. The highest BCUT2D eigenvalue weighted by Crippen LogP contribution is 2.38. The van der Waals surface area contributed by atoms with Gasteiger partial charge in [-0.2, -0.15) is 11.8 Å². The predicted molar refractivity (Wildman–Crippen MR) is 108 cm³/mol. The molecule has 5 nitrogen and oxygen atoms in total. The van der Waals surface area contributed by atoms with Crippen molar-refractivity contribution in [3.05, 3.63) is 40.5 Å². The molecule has 2 aromatic rings. The van der Waals surface area contributed by atoms with Crippen molar-refractivity contribution in [3.63, 3.8) is 0 Å². The van der Waals surface area contributed by atoms with Crippen LogP contribution in [0.4, 0.5) is 0 Å². The molecule has 0 fully saturated rings. The zero-order valence-electron chi connectivity index (χ0n) is 15.4. The highest BCUT2D eigenvalue weighted by atomic mass is 32.2. The normalized spacial score (nSPS) is 13.5. The quantitative estimate of drug-likeness (QED) is 0.822. The van der Waals surface area contributed by atoms with Crippen LogP contribution >= 0.6 is 23.1 Å². The highest BCUT2D eigenvalue weighted by Gasteiger charge is 2.29.